The van der Waals surface area contributed by atoms with Gasteiger partial charge in [0, 0.05) is 16.2 Å². The first-order chi connectivity index (χ1) is 7.83. The summed E-state index contributed by atoms with van der Waals surface area (Å²) < 4.78 is 0.948. The summed E-state index contributed by atoms with van der Waals surface area (Å²) in [6.45, 7) is 0. The number of benzene rings is 1. The van der Waals surface area contributed by atoms with Gasteiger partial charge in [0.25, 0.3) is 0 Å². The van der Waals surface area contributed by atoms with Gasteiger partial charge in [-0.2, -0.15) is 4.99 Å². The summed E-state index contributed by atoms with van der Waals surface area (Å²) in [5.74, 6) is 0. The minimum atomic E-state index is 0.518. The first-order valence-corrected chi connectivity index (χ1v) is 5.39. The highest BCUT2D eigenvalue weighted by Gasteiger charge is 2.06. The summed E-state index contributed by atoms with van der Waals surface area (Å²) in [5.41, 5.74) is 2.34. The minimum Gasteiger partial charge on any atom is -0.262 e. The van der Waals surface area contributed by atoms with Crippen LogP contribution in [-0.4, -0.2) is 11.1 Å². The van der Waals surface area contributed by atoms with E-state index >= 15 is 0 Å². The topological polar surface area (TPSA) is 42.3 Å². The lowest BCUT2D eigenvalue weighted by atomic mass is 10.1. The second kappa shape index (κ2) is 4.84. The first-order valence-electron chi connectivity index (χ1n) is 4.59. The molecule has 0 unspecified atom stereocenters. The Kier molecular flexibility index (Phi) is 3.25. The summed E-state index contributed by atoms with van der Waals surface area (Å²) in [4.78, 5) is 17.9. The van der Waals surface area contributed by atoms with E-state index in [0.29, 0.717) is 5.69 Å². The van der Waals surface area contributed by atoms with Gasteiger partial charge in [-0.05, 0) is 17.7 Å². The summed E-state index contributed by atoms with van der Waals surface area (Å²) in [6.07, 6.45) is 4.74. The van der Waals surface area contributed by atoms with Crippen molar-refractivity contribution < 1.29 is 4.79 Å². The Labute approximate surface area is 101 Å². The third kappa shape index (κ3) is 2.08. The molecule has 78 valence electrons. The SMILES string of the molecule is O=C=Nc1cnccc1-c1ccccc1Br. The largest absolute Gasteiger partial charge is 0.262 e. The van der Waals surface area contributed by atoms with Crippen molar-refractivity contribution in [3.63, 3.8) is 0 Å². The van der Waals surface area contributed by atoms with E-state index in [1.165, 1.54) is 6.08 Å². The van der Waals surface area contributed by atoms with Crippen LogP contribution in [0.1, 0.15) is 0 Å². The van der Waals surface area contributed by atoms with Crippen LogP contribution in [0.4, 0.5) is 5.69 Å². The molecular weight excluding hydrogens is 268 g/mol. The second-order valence-corrected chi connectivity index (χ2v) is 3.93. The zero-order valence-corrected chi connectivity index (χ0v) is 9.81. The van der Waals surface area contributed by atoms with Gasteiger partial charge in [0.2, 0.25) is 6.08 Å². The van der Waals surface area contributed by atoms with Gasteiger partial charge < -0.3 is 0 Å². The molecule has 0 spiro atoms. The lowest BCUT2D eigenvalue weighted by molar-refractivity contribution is 0.565. The first kappa shape index (κ1) is 10.7. The molecule has 0 aliphatic rings. The lowest BCUT2D eigenvalue weighted by Crippen LogP contribution is -1.82. The van der Waals surface area contributed by atoms with Crippen LogP contribution in [0.5, 0.6) is 0 Å². The fourth-order valence-corrected chi connectivity index (χ4v) is 1.93. The number of aromatic nitrogens is 1. The molecule has 0 aliphatic heterocycles. The van der Waals surface area contributed by atoms with Gasteiger partial charge in [0.15, 0.2) is 0 Å². The van der Waals surface area contributed by atoms with Crippen LogP contribution in [0.25, 0.3) is 11.1 Å². The predicted octanol–water partition coefficient (Wildman–Crippen LogP) is 3.48. The standard InChI is InChI=1S/C12H7BrN2O/c13-11-4-2-1-3-9(11)10-5-6-14-7-12(10)15-8-16/h1-7H. The molecule has 0 amide bonds. The molecule has 1 heterocycles. The molecular formula is C12H7BrN2O. The molecule has 0 atom stereocenters. The van der Waals surface area contributed by atoms with Crippen LogP contribution >= 0.6 is 15.9 Å². The van der Waals surface area contributed by atoms with Gasteiger partial charge in [-0.3, -0.25) is 4.98 Å². The van der Waals surface area contributed by atoms with Crippen LogP contribution < -0.4 is 0 Å². The number of aliphatic imine (C=N–C) groups is 1. The number of pyridine rings is 1. The van der Waals surface area contributed by atoms with E-state index in [1.54, 1.807) is 12.4 Å². The third-order valence-electron chi connectivity index (χ3n) is 2.13. The van der Waals surface area contributed by atoms with E-state index in [2.05, 4.69) is 25.9 Å². The van der Waals surface area contributed by atoms with Gasteiger partial charge in [-0.15, -0.1) is 0 Å². The van der Waals surface area contributed by atoms with Gasteiger partial charge >= 0.3 is 0 Å². The fourth-order valence-electron chi connectivity index (χ4n) is 1.43. The van der Waals surface area contributed by atoms with Gasteiger partial charge in [-0.25, -0.2) is 4.79 Å². The average Bonchev–Trinajstić information content (AvgIpc) is 2.31. The number of rotatable bonds is 2. The number of hydrogen-bond donors (Lipinski definition) is 0. The normalized spacial score (nSPS) is 9.56. The molecule has 1 aromatic carbocycles. The van der Waals surface area contributed by atoms with Crippen LogP contribution in [0.15, 0.2) is 52.2 Å². The Bertz CT molecular complexity index is 562. The van der Waals surface area contributed by atoms with Crippen LogP contribution in [-0.2, 0) is 4.79 Å². The molecule has 0 saturated heterocycles. The highest BCUT2D eigenvalue weighted by Crippen LogP contribution is 2.33. The van der Waals surface area contributed by atoms with E-state index < -0.39 is 0 Å². The Morgan fingerprint density at radius 2 is 2.00 bits per heavy atom. The van der Waals surface area contributed by atoms with Crippen LogP contribution in [0, 0.1) is 0 Å². The van der Waals surface area contributed by atoms with E-state index in [0.717, 1.165) is 15.6 Å². The Morgan fingerprint density at radius 1 is 1.19 bits per heavy atom. The summed E-state index contributed by atoms with van der Waals surface area (Å²) in [5, 5.41) is 0. The number of hydrogen-bond acceptors (Lipinski definition) is 3. The van der Waals surface area contributed by atoms with Crippen molar-refractivity contribution in [2.45, 2.75) is 0 Å². The highest BCUT2D eigenvalue weighted by molar-refractivity contribution is 9.10. The second-order valence-electron chi connectivity index (χ2n) is 3.08. The van der Waals surface area contributed by atoms with Crippen molar-refractivity contribution in [1.29, 1.82) is 0 Å². The van der Waals surface area contributed by atoms with Crippen molar-refractivity contribution in [1.82, 2.24) is 4.98 Å². The van der Waals surface area contributed by atoms with E-state index in [4.69, 9.17) is 0 Å². The molecule has 16 heavy (non-hydrogen) atoms. The van der Waals surface area contributed by atoms with Gasteiger partial charge in [-0.1, -0.05) is 34.1 Å². The Hall–Kier alpha value is -1.77. The quantitative estimate of drug-likeness (QED) is 0.622. The monoisotopic (exact) mass is 274 g/mol. The van der Waals surface area contributed by atoms with Gasteiger partial charge in [0.1, 0.15) is 5.69 Å². The third-order valence-corrected chi connectivity index (χ3v) is 2.82. The van der Waals surface area contributed by atoms with E-state index in [-0.39, 0.29) is 0 Å². The Balaban J connectivity index is 2.64. The van der Waals surface area contributed by atoms with Gasteiger partial charge in [0.05, 0.1) is 6.20 Å². The van der Waals surface area contributed by atoms with Crippen molar-refractivity contribution in [2.75, 3.05) is 0 Å². The van der Waals surface area contributed by atoms with Crippen molar-refractivity contribution in [3.05, 3.63) is 47.2 Å². The summed E-state index contributed by atoms with van der Waals surface area (Å²) >= 11 is 3.46. The molecule has 2 rings (SSSR count). The van der Waals surface area contributed by atoms with Crippen LogP contribution in [0.3, 0.4) is 0 Å². The smallest absolute Gasteiger partial charge is 0.240 e. The number of isocyanates is 1. The summed E-state index contributed by atoms with van der Waals surface area (Å²) in [6, 6.07) is 9.55. The summed E-state index contributed by atoms with van der Waals surface area (Å²) in [7, 11) is 0. The molecule has 0 bridgehead atoms. The molecule has 0 saturated carbocycles. The Morgan fingerprint density at radius 3 is 2.75 bits per heavy atom. The predicted molar refractivity (Wildman–Crippen MR) is 65.2 cm³/mol. The molecule has 0 fully saturated rings. The molecule has 1 aromatic heterocycles. The molecule has 2 aromatic rings. The minimum absolute atomic E-state index is 0.518. The maximum Gasteiger partial charge on any atom is 0.240 e. The number of carbonyl (C=O) groups excluding carboxylic acids is 1. The number of nitrogens with zero attached hydrogens (tertiary/aromatic N) is 2. The fraction of sp³-hybridized carbons (Fsp3) is 0. The average molecular weight is 275 g/mol. The molecule has 0 aliphatic carbocycles. The zero-order chi connectivity index (χ0) is 11.4. The van der Waals surface area contributed by atoms with Crippen LogP contribution in [0.2, 0.25) is 0 Å². The molecule has 3 nitrogen and oxygen atoms in total. The number of halogens is 1. The highest BCUT2D eigenvalue weighted by atomic mass is 79.9. The van der Waals surface area contributed by atoms with Crippen molar-refractivity contribution in [2.24, 2.45) is 4.99 Å². The van der Waals surface area contributed by atoms with E-state index in [9.17, 15) is 4.79 Å². The maximum atomic E-state index is 10.3. The van der Waals surface area contributed by atoms with Crippen molar-refractivity contribution in [3.8, 4) is 11.1 Å². The molecule has 0 radical (unpaired) electrons. The molecule has 4 heteroatoms. The zero-order valence-electron chi connectivity index (χ0n) is 8.22. The maximum absolute atomic E-state index is 10.3. The van der Waals surface area contributed by atoms with E-state index in [1.807, 2.05) is 30.3 Å². The lowest BCUT2D eigenvalue weighted by Gasteiger charge is -2.05. The van der Waals surface area contributed by atoms with Crippen molar-refractivity contribution >= 4 is 27.7 Å². The molecule has 0 N–H and O–H groups in total.